The molecule has 27 heavy (non-hydrogen) atoms. The van der Waals surface area contributed by atoms with Crippen LogP contribution in [-0.2, 0) is 11.3 Å². The van der Waals surface area contributed by atoms with E-state index in [9.17, 15) is 0 Å². The van der Waals surface area contributed by atoms with Crippen LogP contribution in [0.25, 0.3) is 0 Å². The third-order valence-corrected chi connectivity index (χ3v) is 3.98. The molecule has 0 spiro atoms. The fourth-order valence-corrected chi connectivity index (χ4v) is 2.55. The van der Waals surface area contributed by atoms with Gasteiger partial charge in [0.25, 0.3) is 0 Å². The smallest absolute Gasteiger partial charge is 0.191 e. The molecule has 6 nitrogen and oxygen atoms in total. The Balaban J connectivity index is 0.00000364. The van der Waals surface area contributed by atoms with E-state index >= 15 is 0 Å². The zero-order valence-electron chi connectivity index (χ0n) is 16.6. The molecule has 0 unspecified atom stereocenters. The molecule has 0 amide bonds. The van der Waals surface area contributed by atoms with Crippen LogP contribution in [0.1, 0.15) is 45.1 Å². The standard InChI is InChI=1S/C20H33N3O3.HI/c1-3-5-11-24-12-6-10-22-20(21-4-2)23-16-17-8-9-18-19(15-17)26-14-7-13-25-18;/h8-9,15H,3-7,10-14,16H2,1-2H3,(H2,21,22,23);1H. The van der Waals surface area contributed by atoms with E-state index in [0.29, 0.717) is 19.8 Å². The number of unbranched alkanes of at least 4 members (excludes halogenated alkanes) is 1. The number of benzene rings is 1. The first-order valence-electron chi connectivity index (χ1n) is 9.82. The number of nitrogens with one attached hydrogen (secondary N) is 2. The molecule has 1 heterocycles. The molecule has 1 aliphatic heterocycles. The van der Waals surface area contributed by atoms with Gasteiger partial charge in [0.1, 0.15) is 0 Å². The van der Waals surface area contributed by atoms with Gasteiger partial charge in [-0.3, -0.25) is 0 Å². The Morgan fingerprint density at radius 1 is 1.07 bits per heavy atom. The minimum absolute atomic E-state index is 0. The number of ether oxygens (including phenoxy) is 3. The van der Waals surface area contributed by atoms with Crippen molar-refractivity contribution in [1.29, 1.82) is 0 Å². The summed E-state index contributed by atoms with van der Waals surface area (Å²) in [5.74, 6) is 2.47. The van der Waals surface area contributed by atoms with E-state index < -0.39 is 0 Å². The monoisotopic (exact) mass is 491 g/mol. The fraction of sp³-hybridized carbons (Fsp3) is 0.650. The summed E-state index contributed by atoms with van der Waals surface area (Å²) >= 11 is 0. The van der Waals surface area contributed by atoms with Crippen molar-refractivity contribution in [2.75, 3.05) is 39.5 Å². The summed E-state index contributed by atoms with van der Waals surface area (Å²) < 4.78 is 17.0. The van der Waals surface area contributed by atoms with Crippen LogP contribution in [0.4, 0.5) is 0 Å². The summed E-state index contributed by atoms with van der Waals surface area (Å²) in [5.41, 5.74) is 1.11. The number of aliphatic imine (C=N–C) groups is 1. The molecule has 1 aromatic carbocycles. The number of fused-ring (bicyclic) bond motifs is 1. The minimum atomic E-state index is 0. The zero-order chi connectivity index (χ0) is 18.5. The molecule has 0 bridgehead atoms. The van der Waals surface area contributed by atoms with Crippen molar-refractivity contribution < 1.29 is 14.2 Å². The van der Waals surface area contributed by atoms with Gasteiger partial charge in [-0.05, 0) is 37.5 Å². The number of halogens is 1. The van der Waals surface area contributed by atoms with Crippen molar-refractivity contribution in [3.8, 4) is 11.5 Å². The van der Waals surface area contributed by atoms with Crippen LogP contribution in [0.2, 0.25) is 0 Å². The third-order valence-electron chi connectivity index (χ3n) is 3.98. The van der Waals surface area contributed by atoms with Gasteiger partial charge in [-0.25, -0.2) is 4.99 Å². The normalized spacial score (nSPS) is 13.5. The van der Waals surface area contributed by atoms with E-state index in [1.807, 2.05) is 18.2 Å². The van der Waals surface area contributed by atoms with Gasteiger partial charge in [-0.2, -0.15) is 0 Å². The number of guanidine groups is 1. The molecular weight excluding hydrogens is 457 g/mol. The van der Waals surface area contributed by atoms with Crippen molar-refractivity contribution >= 4 is 29.9 Å². The average molecular weight is 491 g/mol. The van der Waals surface area contributed by atoms with Crippen molar-refractivity contribution in [3.63, 3.8) is 0 Å². The van der Waals surface area contributed by atoms with E-state index in [4.69, 9.17) is 14.2 Å². The van der Waals surface area contributed by atoms with Crippen molar-refractivity contribution in [2.45, 2.75) is 46.1 Å². The Bertz CT molecular complexity index is 555. The Hall–Kier alpha value is -1.22. The SMILES string of the molecule is CCCCOCCCNC(=NCc1ccc2c(c1)OCCCO2)NCC.I. The van der Waals surface area contributed by atoms with Crippen molar-refractivity contribution in [3.05, 3.63) is 23.8 Å². The van der Waals surface area contributed by atoms with Gasteiger partial charge in [-0.1, -0.05) is 19.4 Å². The number of rotatable bonds is 10. The maximum atomic E-state index is 5.74. The summed E-state index contributed by atoms with van der Waals surface area (Å²) in [6.07, 6.45) is 4.19. The molecule has 0 aromatic heterocycles. The van der Waals surface area contributed by atoms with E-state index in [-0.39, 0.29) is 24.0 Å². The number of hydrogen-bond donors (Lipinski definition) is 2. The first-order valence-corrected chi connectivity index (χ1v) is 9.82. The second-order valence-electron chi connectivity index (χ2n) is 6.27. The first-order chi connectivity index (χ1) is 12.8. The zero-order valence-corrected chi connectivity index (χ0v) is 18.9. The average Bonchev–Trinajstić information content (AvgIpc) is 2.90. The van der Waals surface area contributed by atoms with Crippen LogP contribution >= 0.6 is 24.0 Å². The lowest BCUT2D eigenvalue weighted by molar-refractivity contribution is 0.129. The fourth-order valence-electron chi connectivity index (χ4n) is 2.55. The highest BCUT2D eigenvalue weighted by atomic mass is 127. The van der Waals surface area contributed by atoms with Crippen LogP contribution in [0.3, 0.4) is 0 Å². The molecule has 1 aromatic rings. The van der Waals surface area contributed by atoms with Crippen molar-refractivity contribution in [2.24, 2.45) is 4.99 Å². The summed E-state index contributed by atoms with van der Waals surface area (Å²) in [6, 6.07) is 6.04. The van der Waals surface area contributed by atoms with Crippen LogP contribution in [0, 0.1) is 0 Å². The Kier molecular flexibility index (Phi) is 13.0. The highest BCUT2D eigenvalue weighted by Crippen LogP contribution is 2.30. The topological polar surface area (TPSA) is 64.1 Å². The highest BCUT2D eigenvalue weighted by Gasteiger charge is 2.10. The summed E-state index contributed by atoms with van der Waals surface area (Å²) in [5, 5.41) is 6.64. The predicted octanol–water partition coefficient (Wildman–Crippen LogP) is 3.73. The van der Waals surface area contributed by atoms with Gasteiger partial charge in [0.2, 0.25) is 0 Å². The molecule has 0 saturated carbocycles. The minimum Gasteiger partial charge on any atom is -0.490 e. The molecule has 2 rings (SSSR count). The van der Waals surface area contributed by atoms with Crippen molar-refractivity contribution in [1.82, 2.24) is 10.6 Å². The maximum absolute atomic E-state index is 5.74. The number of hydrogen-bond acceptors (Lipinski definition) is 4. The Morgan fingerprint density at radius 2 is 1.85 bits per heavy atom. The van der Waals surface area contributed by atoms with Crippen LogP contribution in [-0.4, -0.2) is 45.5 Å². The summed E-state index contributed by atoms with van der Waals surface area (Å²) in [4.78, 5) is 4.66. The second-order valence-corrected chi connectivity index (χ2v) is 6.27. The van der Waals surface area contributed by atoms with E-state index in [2.05, 4.69) is 29.5 Å². The lowest BCUT2D eigenvalue weighted by atomic mass is 10.2. The second kappa shape index (κ2) is 14.8. The molecule has 0 saturated heterocycles. The predicted molar refractivity (Wildman–Crippen MR) is 121 cm³/mol. The lowest BCUT2D eigenvalue weighted by Crippen LogP contribution is -2.38. The molecule has 0 atom stereocenters. The van der Waals surface area contributed by atoms with E-state index in [1.165, 1.54) is 6.42 Å². The largest absolute Gasteiger partial charge is 0.490 e. The first kappa shape index (κ1) is 23.8. The highest BCUT2D eigenvalue weighted by molar-refractivity contribution is 14.0. The third kappa shape index (κ3) is 9.51. The van der Waals surface area contributed by atoms with Crippen LogP contribution in [0.5, 0.6) is 11.5 Å². The molecule has 0 radical (unpaired) electrons. The summed E-state index contributed by atoms with van der Waals surface area (Å²) in [6.45, 7) is 9.57. The Labute approximate surface area is 180 Å². The van der Waals surface area contributed by atoms with Gasteiger partial charge in [0.15, 0.2) is 17.5 Å². The number of nitrogens with zero attached hydrogens (tertiary/aromatic N) is 1. The van der Waals surface area contributed by atoms with Crippen LogP contribution in [0.15, 0.2) is 23.2 Å². The van der Waals surface area contributed by atoms with E-state index in [0.717, 1.165) is 68.6 Å². The molecular formula is C20H34IN3O3. The molecule has 1 aliphatic rings. The summed E-state index contributed by atoms with van der Waals surface area (Å²) in [7, 11) is 0. The van der Waals surface area contributed by atoms with E-state index in [1.54, 1.807) is 0 Å². The molecule has 154 valence electrons. The van der Waals surface area contributed by atoms with Crippen LogP contribution < -0.4 is 20.1 Å². The van der Waals surface area contributed by atoms with Gasteiger partial charge in [-0.15, -0.1) is 24.0 Å². The maximum Gasteiger partial charge on any atom is 0.191 e. The molecule has 0 fully saturated rings. The Morgan fingerprint density at radius 3 is 2.63 bits per heavy atom. The lowest BCUT2D eigenvalue weighted by Gasteiger charge is -2.12. The molecule has 0 aliphatic carbocycles. The van der Waals surface area contributed by atoms with Gasteiger partial charge in [0.05, 0.1) is 19.8 Å². The molecule has 2 N–H and O–H groups in total. The van der Waals surface area contributed by atoms with Gasteiger partial charge >= 0.3 is 0 Å². The van der Waals surface area contributed by atoms with Gasteiger partial charge < -0.3 is 24.8 Å². The quantitative estimate of drug-likeness (QED) is 0.226. The molecule has 7 heteroatoms. The van der Waals surface area contributed by atoms with Gasteiger partial charge in [0, 0.05) is 32.7 Å².